The maximum atomic E-state index is 10.2. The highest BCUT2D eigenvalue weighted by atomic mass is 31.1. The van der Waals surface area contributed by atoms with Gasteiger partial charge in [0.05, 0.1) is 0 Å². The summed E-state index contributed by atoms with van der Waals surface area (Å²) in [6.45, 7) is 0.769. The minimum Gasteiger partial charge on any atom is -0.507 e. The van der Waals surface area contributed by atoms with Crippen LogP contribution in [0.4, 0.5) is 11.4 Å². The number of hydrogen-bond donors (Lipinski definition) is 1. The first kappa shape index (κ1) is 18.3. The molecule has 1 unspecified atom stereocenters. The average Bonchev–Trinajstić information content (AvgIpc) is 2.76. The fraction of sp³-hybridized carbons (Fsp3) is 0.0400. The number of aromatic hydroxyl groups is 1. The van der Waals surface area contributed by atoms with Gasteiger partial charge in [-0.3, -0.25) is 0 Å². The van der Waals surface area contributed by atoms with Crippen molar-refractivity contribution in [2.45, 2.75) is 6.54 Å². The maximum absolute atomic E-state index is 10.2. The molecule has 1 N–H and O–H groups in total. The first-order chi connectivity index (χ1) is 13.8. The fourth-order valence-electron chi connectivity index (χ4n) is 3.22. The van der Waals surface area contributed by atoms with Crippen LogP contribution in [0.3, 0.4) is 0 Å². The quantitative estimate of drug-likeness (QED) is 0.453. The van der Waals surface area contributed by atoms with Gasteiger partial charge in [0.1, 0.15) is 5.75 Å². The number of para-hydroxylation sites is 3. The van der Waals surface area contributed by atoms with E-state index < -0.39 is 0 Å². The molecule has 0 spiro atoms. The van der Waals surface area contributed by atoms with Gasteiger partial charge in [-0.25, -0.2) is 0 Å². The van der Waals surface area contributed by atoms with E-state index in [1.54, 1.807) is 6.07 Å². The van der Waals surface area contributed by atoms with E-state index in [-0.39, 0.29) is 0 Å². The van der Waals surface area contributed by atoms with Gasteiger partial charge >= 0.3 is 0 Å². The Morgan fingerprint density at radius 2 is 1.07 bits per heavy atom. The standard InChI is InChI=1S/C25H22NOP/c27-23-16-8-10-18-25(23)28-24-17-9-7-11-20(24)19-26(21-12-3-1-4-13-21)22-14-5-2-6-15-22/h1-18,27-28H,19H2. The molecule has 0 bridgehead atoms. The summed E-state index contributed by atoms with van der Waals surface area (Å²) in [6.07, 6.45) is 0. The molecule has 4 rings (SSSR count). The second-order valence-corrected chi connectivity index (χ2v) is 7.88. The van der Waals surface area contributed by atoms with Gasteiger partial charge in [-0.05, 0) is 41.2 Å². The van der Waals surface area contributed by atoms with Crippen LogP contribution in [0.2, 0.25) is 0 Å². The molecule has 2 nitrogen and oxygen atoms in total. The van der Waals surface area contributed by atoms with Crippen LogP contribution >= 0.6 is 8.58 Å². The van der Waals surface area contributed by atoms with Crippen LogP contribution in [0.15, 0.2) is 109 Å². The zero-order chi connectivity index (χ0) is 19.2. The van der Waals surface area contributed by atoms with Crippen molar-refractivity contribution in [1.82, 2.24) is 0 Å². The number of benzene rings is 4. The molecule has 28 heavy (non-hydrogen) atoms. The van der Waals surface area contributed by atoms with Gasteiger partial charge in [0.2, 0.25) is 0 Å². The van der Waals surface area contributed by atoms with Crippen LogP contribution in [0.25, 0.3) is 0 Å². The van der Waals surface area contributed by atoms with Crippen LogP contribution in [0, 0.1) is 0 Å². The third kappa shape index (κ3) is 4.24. The molecule has 0 aromatic heterocycles. The summed E-state index contributed by atoms with van der Waals surface area (Å²) < 4.78 is 0. The van der Waals surface area contributed by atoms with Gasteiger partial charge in [0.15, 0.2) is 0 Å². The van der Waals surface area contributed by atoms with Gasteiger partial charge in [-0.2, -0.15) is 0 Å². The SMILES string of the molecule is Oc1ccccc1Pc1ccccc1CN(c1ccccc1)c1ccccc1. The Hall–Kier alpha value is -3.09. The van der Waals surface area contributed by atoms with E-state index in [2.05, 4.69) is 77.7 Å². The molecule has 0 aliphatic rings. The average molecular weight is 383 g/mol. The Kier molecular flexibility index (Phi) is 5.70. The Morgan fingerprint density at radius 3 is 1.68 bits per heavy atom. The van der Waals surface area contributed by atoms with Crippen molar-refractivity contribution in [3.8, 4) is 5.75 Å². The van der Waals surface area contributed by atoms with E-state index in [0.717, 1.165) is 23.2 Å². The molecular formula is C25H22NOP. The summed E-state index contributed by atoms with van der Waals surface area (Å²) in [4.78, 5) is 2.33. The fourth-order valence-corrected chi connectivity index (χ4v) is 4.41. The van der Waals surface area contributed by atoms with Crippen LogP contribution < -0.4 is 15.5 Å². The number of phenolic OH excluding ortho intramolecular Hbond substituents is 1. The summed E-state index contributed by atoms with van der Waals surface area (Å²) in [5.41, 5.74) is 3.58. The zero-order valence-electron chi connectivity index (χ0n) is 15.5. The topological polar surface area (TPSA) is 23.5 Å². The molecule has 0 amide bonds. The van der Waals surface area contributed by atoms with Crippen molar-refractivity contribution >= 4 is 30.6 Å². The predicted molar refractivity (Wildman–Crippen MR) is 121 cm³/mol. The predicted octanol–water partition coefficient (Wildman–Crippen LogP) is 5.36. The molecule has 1 atom stereocenters. The largest absolute Gasteiger partial charge is 0.507 e. The third-order valence-corrected chi connectivity index (χ3v) is 6.10. The molecule has 0 aliphatic heterocycles. The number of nitrogens with zero attached hydrogens (tertiary/aromatic N) is 1. The second-order valence-electron chi connectivity index (χ2n) is 6.56. The Morgan fingerprint density at radius 1 is 0.571 bits per heavy atom. The number of hydrogen-bond acceptors (Lipinski definition) is 2. The second kappa shape index (κ2) is 8.73. The van der Waals surface area contributed by atoms with Crippen molar-refractivity contribution in [3.63, 3.8) is 0 Å². The van der Waals surface area contributed by atoms with E-state index in [9.17, 15) is 5.11 Å². The van der Waals surface area contributed by atoms with E-state index >= 15 is 0 Å². The molecule has 0 saturated carbocycles. The lowest BCUT2D eigenvalue weighted by Gasteiger charge is -2.26. The monoisotopic (exact) mass is 383 g/mol. The maximum Gasteiger partial charge on any atom is 0.123 e. The van der Waals surface area contributed by atoms with E-state index in [1.807, 2.05) is 30.3 Å². The lowest BCUT2D eigenvalue weighted by Crippen LogP contribution is -2.21. The number of phenols is 1. The highest BCUT2D eigenvalue weighted by Crippen LogP contribution is 2.28. The lowest BCUT2D eigenvalue weighted by molar-refractivity contribution is 0.480. The molecule has 3 heteroatoms. The lowest BCUT2D eigenvalue weighted by atomic mass is 10.1. The zero-order valence-corrected chi connectivity index (χ0v) is 16.5. The van der Waals surface area contributed by atoms with Crippen molar-refractivity contribution in [1.29, 1.82) is 0 Å². The van der Waals surface area contributed by atoms with Crippen molar-refractivity contribution in [2.24, 2.45) is 0 Å². The van der Waals surface area contributed by atoms with Gasteiger partial charge in [0.25, 0.3) is 0 Å². The summed E-state index contributed by atoms with van der Waals surface area (Å²) in [7, 11) is 0.413. The molecule has 0 saturated heterocycles. The highest BCUT2D eigenvalue weighted by molar-refractivity contribution is 7.55. The first-order valence-electron chi connectivity index (χ1n) is 9.32. The van der Waals surface area contributed by atoms with Gasteiger partial charge in [-0.1, -0.05) is 87.4 Å². The Labute approximate surface area is 167 Å². The van der Waals surface area contributed by atoms with E-state index in [4.69, 9.17) is 0 Å². The van der Waals surface area contributed by atoms with Gasteiger partial charge in [0, 0.05) is 23.2 Å². The van der Waals surface area contributed by atoms with Crippen LogP contribution in [-0.4, -0.2) is 5.11 Å². The summed E-state index contributed by atoms with van der Waals surface area (Å²) >= 11 is 0. The molecule has 0 aliphatic carbocycles. The minimum atomic E-state index is 0.360. The highest BCUT2D eigenvalue weighted by Gasteiger charge is 2.13. The summed E-state index contributed by atoms with van der Waals surface area (Å²) in [5.74, 6) is 0.360. The first-order valence-corrected chi connectivity index (χ1v) is 10.3. The molecule has 0 radical (unpaired) electrons. The summed E-state index contributed by atoms with van der Waals surface area (Å²) in [5, 5.41) is 12.4. The molecule has 4 aromatic carbocycles. The van der Waals surface area contributed by atoms with Crippen LogP contribution in [-0.2, 0) is 6.54 Å². The summed E-state index contributed by atoms with van der Waals surface area (Å²) in [6, 6.07) is 37.0. The number of rotatable bonds is 6. The van der Waals surface area contributed by atoms with Gasteiger partial charge in [-0.15, -0.1) is 0 Å². The molecule has 138 valence electrons. The van der Waals surface area contributed by atoms with Crippen LogP contribution in [0.5, 0.6) is 5.75 Å². The van der Waals surface area contributed by atoms with Crippen molar-refractivity contribution < 1.29 is 5.11 Å². The Balaban J connectivity index is 1.69. The molecule has 0 heterocycles. The van der Waals surface area contributed by atoms with Crippen LogP contribution in [0.1, 0.15) is 5.56 Å². The third-order valence-electron chi connectivity index (χ3n) is 4.65. The Bertz CT molecular complexity index is 995. The molecule has 4 aromatic rings. The minimum absolute atomic E-state index is 0.360. The van der Waals surface area contributed by atoms with Crippen molar-refractivity contribution in [2.75, 3.05) is 4.90 Å². The van der Waals surface area contributed by atoms with Crippen molar-refractivity contribution in [3.05, 3.63) is 115 Å². The normalized spacial score (nSPS) is 11.0. The molecule has 0 fully saturated rings. The van der Waals surface area contributed by atoms with E-state index in [0.29, 0.717) is 14.3 Å². The smallest absolute Gasteiger partial charge is 0.123 e. The van der Waals surface area contributed by atoms with Gasteiger partial charge < -0.3 is 10.0 Å². The van der Waals surface area contributed by atoms with E-state index in [1.165, 1.54) is 10.9 Å². The number of anilines is 2. The molecular weight excluding hydrogens is 361 g/mol.